The van der Waals surface area contributed by atoms with Gasteiger partial charge in [-0.2, -0.15) is 0 Å². The van der Waals surface area contributed by atoms with Gasteiger partial charge in [0.25, 0.3) is 0 Å². The molecule has 1 atom stereocenters. The molecular formula is C20H24F2N6. The fourth-order valence-electron chi connectivity index (χ4n) is 3.37. The number of piperidine rings is 1. The number of nitrogens with one attached hydrogen (secondary N) is 2. The Balaban J connectivity index is 1.77. The van der Waals surface area contributed by atoms with Crippen LogP contribution < -0.4 is 10.6 Å². The molecule has 1 unspecified atom stereocenters. The topological polar surface area (TPSA) is 67.1 Å². The van der Waals surface area contributed by atoms with E-state index in [-0.39, 0.29) is 23.0 Å². The van der Waals surface area contributed by atoms with Gasteiger partial charge >= 0.3 is 0 Å². The summed E-state index contributed by atoms with van der Waals surface area (Å²) < 4.78 is 30.7. The van der Waals surface area contributed by atoms with Gasteiger partial charge in [0.05, 0.1) is 23.8 Å². The number of anilines is 1. The number of hydrogen-bond donors (Lipinski definition) is 2. The molecule has 4 rings (SSSR count). The second-order valence-electron chi connectivity index (χ2n) is 8.23. The summed E-state index contributed by atoms with van der Waals surface area (Å²) in [5.74, 6) is -1.36. The number of fused-ring (bicyclic) bond motifs is 1. The van der Waals surface area contributed by atoms with Crippen LogP contribution in [0.5, 0.6) is 0 Å². The first-order valence-corrected chi connectivity index (χ1v) is 9.50. The van der Waals surface area contributed by atoms with E-state index in [1.54, 1.807) is 16.8 Å². The Hall–Kier alpha value is -2.61. The van der Waals surface area contributed by atoms with Gasteiger partial charge in [0, 0.05) is 30.3 Å². The first kappa shape index (κ1) is 18.7. The number of pyridine rings is 1. The largest absolute Gasteiger partial charge is 0.364 e. The van der Waals surface area contributed by atoms with Crippen molar-refractivity contribution in [3.63, 3.8) is 0 Å². The third kappa shape index (κ3) is 3.56. The van der Waals surface area contributed by atoms with E-state index in [1.807, 2.05) is 6.20 Å². The van der Waals surface area contributed by atoms with Gasteiger partial charge in [-0.25, -0.2) is 18.7 Å². The molecule has 0 bridgehead atoms. The Bertz CT molecular complexity index is 1000. The predicted molar refractivity (Wildman–Crippen MR) is 104 cm³/mol. The lowest BCUT2D eigenvalue weighted by atomic mass is 9.93. The summed E-state index contributed by atoms with van der Waals surface area (Å²) >= 11 is 0. The van der Waals surface area contributed by atoms with Gasteiger partial charge in [0.2, 0.25) is 0 Å². The number of hydrogen-bond acceptors (Lipinski definition) is 5. The molecule has 4 heterocycles. The number of rotatable bonds is 3. The quantitative estimate of drug-likeness (QED) is 0.721. The highest BCUT2D eigenvalue weighted by molar-refractivity contribution is 5.62. The number of imidazole rings is 1. The van der Waals surface area contributed by atoms with Crippen molar-refractivity contribution in [2.24, 2.45) is 0 Å². The van der Waals surface area contributed by atoms with Crippen LogP contribution in [-0.4, -0.2) is 38.5 Å². The molecule has 0 spiro atoms. The van der Waals surface area contributed by atoms with Crippen molar-refractivity contribution in [1.82, 2.24) is 24.7 Å². The molecule has 1 aliphatic rings. The van der Waals surface area contributed by atoms with E-state index in [0.717, 1.165) is 37.7 Å². The number of nitrogens with zero attached hydrogens (tertiary/aromatic N) is 4. The lowest BCUT2D eigenvalue weighted by Gasteiger charge is -2.24. The maximum absolute atomic E-state index is 14.6. The molecule has 1 fully saturated rings. The van der Waals surface area contributed by atoms with E-state index in [9.17, 15) is 8.78 Å². The molecule has 0 saturated carbocycles. The molecular weight excluding hydrogens is 362 g/mol. The summed E-state index contributed by atoms with van der Waals surface area (Å²) in [5, 5.41) is 6.37. The van der Waals surface area contributed by atoms with Gasteiger partial charge in [-0.05, 0) is 19.4 Å². The minimum atomic E-state index is -0.722. The third-order valence-electron chi connectivity index (χ3n) is 4.97. The average molecular weight is 386 g/mol. The molecule has 3 aromatic rings. The Morgan fingerprint density at radius 1 is 1.18 bits per heavy atom. The lowest BCUT2D eigenvalue weighted by molar-refractivity contribution is 0.475. The van der Waals surface area contributed by atoms with E-state index in [4.69, 9.17) is 0 Å². The second-order valence-corrected chi connectivity index (χ2v) is 8.23. The third-order valence-corrected chi connectivity index (χ3v) is 4.97. The normalized spacial score (nSPS) is 17.8. The van der Waals surface area contributed by atoms with Crippen LogP contribution >= 0.6 is 0 Å². The standard InChI is InChI=1S/C20H24F2N6/c1-20(2,3)16-11-28-15(9-25-17(28)10-24-16)18-13(21)7-14(22)19(27-18)26-12-5-4-6-23-8-12/h7,9-12,23H,4-6,8H2,1-3H3,(H,26,27). The zero-order valence-corrected chi connectivity index (χ0v) is 16.3. The lowest BCUT2D eigenvalue weighted by Crippen LogP contribution is -2.38. The summed E-state index contributed by atoms with van der Waals surface area (Å²) in [6.07, 6.45) is 6.94. The molecule has 3 aromatic heterocycles. The van der Waals surface area contributed by atoms with E-state index < -0.39 is 11.6 Å². The zero-order chi connectivity index (χ0) is 19.9. The highest BCUT2D eigenvalue weighted by Crippen LogP contribution is 2.28. The van der Waals surface area contributed by atoms with Crippen LogP contribution in [0.25, 0.3) is 17.0 Å². The van der Waals surface area contributed by atoms with Crippen LogP contribution in [0, 0.1) is 11.6 Å². The van der Waals surface area contributed by atoms with Crippen LogP contribution in [-0.2, 0) is 5.41 Å². The summed E-state index contributed by atoms with van der Waals surface area (Å²) in [6.45, 7) is 7.83. The van der Waals surface area contributed by atoms with E-state index in [2.05, 4.69) is 46.4 Å². The van der Waals surface area contributed by atoms with Gasteiger partial charge in [0.1, 0.15) is 5.69 Å². The van der Waals surface area contributed by atoms with E-state index in [1.165, 1.54) is 0 Å². The minimum Gasteiger partial charge on any atom is -0.364 e. The summed E-state index contributed by atoms with van der Waals surface area (Å²) in [7, 11) is 0. The molecule has 0 radical (unpaired) electrons. The van der Waals surface area contributed by atoms with E-state index in [0.29, 0.717) is 11.3 Å². The fourth-order valence-corrected chi connectivity index (χ4v) is 3.37. The highest BCUT2D eigenvalue weighted by Gasteiger charge is 2.22. The molecule has 6 nitrogen and oxygen atoms in total. The maximum Gasteiger partial charge on any atom is 0.168 e. The van der Waals surface area contributed by atoms with Crippen LogP contribution in [0.2, 0.25) is 0 Å². The summed E-state index contributed by atoms with van der Waals surface area (Å²) in [5.41, 5.74) is 1.77. The van der Waals surface area contributed by atoms with Crippen molar-refractivity contribution in [1.29, 1.82) is 0 Å². The molecule has 8 heteroatoms. The predicted octanol–water partition coefficient (Wildman–Crippen LogP) is 3.53. The van der Waals surface area contributed by atoms with Gasteiger partial charge in [-0.15, -0.1) is 0 Å². The van der Waals surface area contributed by atoms with Crippen molar-refractivity contribution in [2.75, 3.05) is 18.4 Å². The number of aromatic nitrogens is 4. The molecule has 0 aliphatic carbocycles. The van der Waals surface area contributed by atoms with Crippen LogP contribution in [0.3, 0.4) is 0 Å². The molecule has 28 heavy (non-hydrogen) atoms. The van der Waals surface area contributed by atoms with Crippen LogP contribution in [0.15, 0.2) is 24.7 Å². The van der Waals surface area contributed by atoms with Crippen LogP contribution in [0.4, 0.5) is 14.6 Å². The van der Waals surface area contributed by atoms with Crippen LogP contribution in [0.1, 0.15) is 39.3 Å². The van der Waals surface area contributed by atoms with E-state index >= 15 is 0 Å². The van der Waals surface area contributed by atoms with Crippen molar-refractivity contribution >= 4 is 11.5 Å². The summed E-state index contributed by atoms with van der Waals surface area (Å²) in [6, 6.07) is 0.944. The molecule has 0 aromatic carbocycles. The Labute approximate surface area is 162 Å². The zero-order valence-electron chi connectivity index (χ0n) is 16.3. The number of halogens is 2. The van der Waals surface area contributed by atoms with Gasteiger partial charge in [0.15, 0.2) is 23.1 Å². The Morgan fingerprint density at radius 3 is 2.71 bits per heavy atom. The monoisotopic (exact) mass is 386 g/mol. The molecule has 0 amide bonds. The highest BCUT2D eigenvalue weighted by atomic mass is 19.1. The van der Waals surface area contributed by atoms with Crippen molar-refractivity contribution in [3.05, 3.63) is 42.0 Å². The van der Waals surface area contributed by atoms with Gasteiger partial charge < -0.3 is 10.6 Å². The smallest absolute Gasteiger partial charge is 0.168 e. The van der Waals surface area contributed by atoms with Gasteiger partial charge in [-0.1, -0.05) is 20.8 Å². The Kier molecular flexibility index (Phi) is 4.74. The minimum absolute atomic E-state index is 0.0603. The average Bonchev–Trinajstić information content (AvgIpc) is 3.07. The maximum atomic E-state index is 14.6. The van der Waals surface area contributed by atoms with Gasteiger partial charge in [-0.3, -0.25) is 9.38 Å². The molecule has 2 N–H and O–H groups in total. The first-order valence-electron chi connectivity index (χ1n) is 9.50. The summed E-state index contributed by atoms with van der Waals surface area (Å²) in [4.78, 5) is 13.0. The Morgan fingerprint density at radius 2 is 2.00 bits per heavy atom. The molecule has 1 saturated heterocycles. The fraction of sp³-hybridized carbons (Fsp3) is 0.450. The first-order chi connectivity index (χ1) is 13.3. The van der Waals surface area contributed by atoms with Crippen molar-refractivity contribution in [2.45, 2.75) is 45.1 Å². The molecule has 1 aliphatic heterocycles. The SMILES string of the molecule is CC(C)(C)c1cn2c(-c3nc(NC4CCCNC4)c(F)cc3F)cnc2cn1. The van der Waals surface area contributed by atoms with Crippen molar-refractivity contribution in [3.8, 4) is 11.4 Å². The van der Waals surface area contributed by atoms with Crippen molar-refractivity contribution < 1.29 is 8.78 Å². The second kappa shape index (κ2) is 7.09. The molecule has 148 valence electrons.